The number of anilines is 1. The van der Waals surface area contributed by atoms with Crippen molar-refractivity contribution in [2.24, 2.45) is 0 Å². The number of nitrogens with zero attached hydrogens (tertiary/aromatic N) is 3. The highest BCUT2D eigenvalue weighted by Crippen LogP contribution is 2.26. The molecule has 0 saturated carbocycles. The largest absolute Gasteiger partial charge is 0.319 e. The molecule has 0 aliphatic carbocycles. The maximum atomic E-state index is 13.4. The van der Waals surface area contributed by atoms with Crippen molar-refractivity contribution in [3.8, 4) is 17.1 Å². The van der Waals surface area contributed by atoms with Crippen LogP contribution in [0.4, 0.5) is 10.1 Å². The maximum Gasteiger partial charge on any atom is 0.295 e. The molecule has 0 aliphatic rings. The fourth-order valence-corrected chi connectivity index (χ4v) is 3.35. The zero-order chi connectivity index (χ0) is 22.0. The molecule has 31 heavy (non-hydrogen) atoms. The van der Waals surface area contributed by atoms with Crippen LogP contribution < -0.4 is 5.32 Å². The Kier molecular flexibility index (Phi) is 5.82. The summed E-state index contributed by atoms with van der Waals surface area (Å²) in [6.45, 7) is 3.98. The van der Waals surface area contributed by atoms with E-state index >= 15 is 0 Å². The van der Waals surface area contributed by atoms with Crippen molar-refractivity contribution in [2.45, 2.75) is 20.3 Å². The van der Waals surface area contributed by atoms with E-state index in [1.165, 1.54) is 17.7 Å². The van der Waals surface area contributed by atoms with E-state index in [-0.39, 0.29) is 11.6 Å². The van der Waals surface area contributed by atoms with Gasteiger partial charge in [-0.25, -0.2) is 14.1 Å². The molecule has 0 radical (unpaired) electrons. The first-order chi connectivity index (χ1) is 14.9. The Morgan fingerprint density at radius 2 is 1.77 bits per heavy atom. The van der Waals surface area contributed by atoms with Crippen LogP contribution >= 0.6 is 11.6 Å². The van der Waals surface area contributed by atoms with E-state index in [2.05, 4.69) is 22.3 Å². The van der Waals surface area contributed by atoms with Crippen LogP contribution in [0.5, 0.6) is 0 Å². The number of halogens is 2. The zero-order valence-electron chi connectivity index (χ0n) is 17.1. The van der Waals surface area contributed by atoms with Crippen molar-refractivity contribution >= 4 is 23.2 Å². The molecule has 1 aromatic heterocycles. The molecule has 0 aliphatic heterocycles. The highest BCUT2D eigenvalue weighted by Gasteiger charge is 2.20. The molecule has 0 spiro atoms. The average molecular weight is 435 g/mol. The van der Waals surface area contributed by atoms with E-state index in [0.717, 1.165) is 12.0 Å². The molecule has 0 fully saturated rings. The highest BCUT2D eigenvalue weighted by molar-refractivity contribution is 6.30. The summed E-state index contributed by atoms with van der Waals surface area (Å²) in [6.07, 6.45) is 0.917. The fraction of sp³-hybridized carbons (Fsp3) is 0.125. The minimum atomic E-state index is -0.439. The lowest BCUT2D eigenvalue weighted by molar-refractivity contribution is 0.101. The summed E-state index contributed by atoms with van der Waals surface area (Å²) >= 11 is 6.20. The van der Waals surface area contributed by atoms with Gasteiger partial charge in [0.2, 0.25) is 5.82 Å². The summed E-state index contributed by atoms with van der Waals surface area (Å²) < 4.78 is 15.0. The molecule has 1 amide bonds. The van der Waals surface area contributed by atoms with Crippen LogP contribution in [-0.4, -0.2) is 20.7 Å². The lowest BCUT2D eigenvalue weighted by Crippen LogP contribution is -2.14. The summed E-state index contributed by atoms with van der Waals surface area (Å²) in [6, 6.07) is 18.9. The number of nitrogens with one attached hydrogen (secondary N) is 1. The zero-order valence-corrected chi connectivity index (χ0v) is 17.8. The Morgan fingerprint density at radius 1 is 1.06 bits per heavy atom. The van der Waals surface area contributed by atoms with Gasteiger partial charge in [-0.15, -0.1) is 5.10 Å². The number of benzene rings is 3. The lowest BCUT2D eigenvalue weighted by Gasteiger charge is -2.09. The van der Waals surface area contributed by atoms with Crippen molar-refractivity contribution in [1.82, 2.24) is 14.8 Å². The minimum absolute atomic E-state index is 0.00160. The van der Waals surface area contributed by atoms with E-state index in [9.17, 15) is 9.18 Å². The second-order valence-electron chi connectivity index (χ2n) is 7.11. The third-order valence-corrected chi connectivity index (χ3v) is 5.17. The standard InChI is InChI=1S/C24H20ClFN4O/c1-3-16-5-12-20(13-6-16)27-24(31)22-28-23(17-7-10-19(26)11-8-17)30(29-22)21-14-18(25)9-4-15(21)2/h4-14H,3H2,1-2H3,(H,27,31). The quantitative estimate of drug-likeness (QED) is 0.428. The summed E-state index contributed by atoms with van der Waals surface area (Å²) in [5.74, 6) is -0.386. The number of carbonyl (C=O) groups is 1. The molecule has 156 valence electrons. The van der Waals surface area contributed by atoms with Gasteiger partial charge < -0.3 is 5.32 Å². The number of rotatable bonds is 5. The van der Waals surface area contributed by atoms with Crippen molar-refractivity contribution < 1.29 is 9.18 Å². The maximum absolute atomic E-state index is 13.4. The summed E-state index contributed by atoms with van der Waals surface area (Å²) in [5.41, 5.74) is 4.04. The number of carbonyl (C=O) groups excluding carboxylic acids is 1. The first-order valence-corrected chi connectivity index (χ1v) is 10.2. The van der Waals surface area contributed by atoms with E-state index in [0.29, 0.717) is 27.8 Å². The van der Waals surface area contributed by atoms with Crippen LogP contribution in [0.2, 0.25) is 5.02 Å². The molecule has 5 nitrogen and oxygen atoms in total. The first-order valence-electron chi connectivity index (χ1n) is 9.84. The van der Waals surface area contributed by atoms with Gasteiger partial charge in [-0.1, -0.05) is 36.7 Å². The van der Waals surface area contributed by atoms with Crippen LogP contribution in [0, 0.1) is 12.7 Å². The Bertz CT molecular complexity index is 1230. The van der Waals surface area contributed by atoms with E-state index in [1.54, 1.807) is 28.9 Å². The Morgan fingerprint density at radius 3 is 2.45 bits per heavy atom. The molecule has 1 heterocycles. The number of hydrogen-bond donors (Lipinski definition) is 1. The van der Waals surface area contributed by atoms with Gasteiger partial charge in [-0.2, -0.15) is 0 Å². The highest BCUT2D eigenvalue weighted by atomic mass is 35.5. The summed E-state index contributed by atoms with van der Waals surface area (Å²) in [5, 5.41) is 7.81. The normalized spacial score (nSPS) is 10.8. The van der Waals surface area contributed by atoms with Gasteiger partial charge in [0, 0.05) is 16.3 Å². The van der Waals surface area contributed by atoms with Crippen LogP contribution in [0.3, 0.4) is 0 Å². The van der Waals surface area contributed by atoms with Crippen LogP contribution in [-0.2, 0) is 6.42 Å². The third-order valence-electron chi connectivity index (χ3n) is 4.93. The van der Waals surface area contributed by atoms with Gasteiger partial charge in [0.15, 0.2) is 5.82 Å². The molecule has 0 unspecified atom stereocenters. The van der Waals surface area contributed by atoms with Gasteiger partial charge >= 0.3 is 0 Å². The first kappa shape index (κ1) is 20.8. The molecule has 4 rings (SSSR count). The summed E-state index contributed by atoms with van der Waals surface area (Å²) in [7, 11) is 0. The lowest BCUT2D eigenvalue weighted by atomic mass is 10.1. The van der Waals surface area contributed by atoms with Crippen molar-refractivity contribution in [1.29, 1.82) is 0 Å². The predicted octanol–water partition coefficient (Wildman–Crippen LogP) is 5.85. The number of amides is 1. The molecule has 0 saturated heterocycles. The monoisotopic (exact) mass is 434 g/mol. The smallest absolute Gasteiger partial charge is 0.295 e. The number of aromatic nitrogens is 3. The molecular formula is C24H20ClFN4O. The number of hydrogen-bond acceptors (Lipinski definition) is 3. The Balaban J connectivity index is 1.76. The number of aryl methyl sites for hydroxylation is 2. The predicted molar refractivity (Wildman–Crippen MR) is 120 cm³/mol. The van der Waals surface area contributed by atoms with Crippen LogP contribution in [0.1, 0.15) is 28.7 Å². The van der Waals surface area contributed by atoms with Crippen molar-refractivity contribution in [3.05, 3.63) is 94.5 Å². The van der Waals surface area contributed by atoms with Gasteiger partial charge in [0.25, 0.3) is 5.91 Å². The van der Waals surface area contributed by atoms with Crippen molar-refractivity contribution in [3.63, 3.8) is 0 Å². The van der Waals surface area contributed by atoms with Gasteiger partial charge in [0.1, 0.15) is 5.82 Å². The second-order valence-corrected chi connectivity index (χ2v) is 7.55. The van der Waals surface area contributed by atoms with Gasteiger partial charge in [0.05, 0.1) is 5.69 Å². The SMILES string of the molecule is CCc1ccc(NC(=O)c2nc(-c3ccc(F)cc3)n(-c3cc(Cl)ccc3C)n2)cc1. The van der Waals surface area contributed by atoms with Gasteiger partial charge in [-0.3, -0.25) is 4.79 Å². The molecule has 0 bridgehead atoms. The molecule has 7 heteroatoms. The minimum Gasteiger partial charge on any atom is -0.319 e. The topological polar surface area (TPSA) is 59.8 Å². The molecule has 4 aromatic rings. The van der Waals surface area contributed by atoms with E-state index in [4.69, 9.17) is 11.6 Å². The van der Waals surface area contributed by atoms with Crippen molar-refractivity contribution in [2.75, 3.05) is 5.32 Å². The molecular weight excluding hydrogens is 415 g/mol. The fourth-order valence-electron chi connectivity index (χ4n) is 3.18. The van der Waals surface area contributed by atoms with Gasteiger partial charge in [-0.05, 0) is 73.0 Å². The Hall–Kier alpha value is -3.51. The molecule has 1 N–H and O–H groups in total. The van der Waals surface area contributed by atoms with E-state index in [1.807, 2.05) is 37.3 Å². The average Bonchev–Trinajstić information content (AvgIpc) is 3.22. The summed E-state index contributed by atoms with van der Waals surface area (Å²) in [4.78, 5) is 17.3. The van der Waals surface area contributed by atoms with E-state index < -0.39 is 5.91 Å². The van der Waals surface area contributed by atoms with Crippen LogP contribution in [0.15, 0.2) is 66.7 Å². The Labute approximate surface area is 184 Å². The molecule has 0 atom stereocenters. The molecule has 3 aromatic carbocycles. The van der Waals surface area contributed by atoms with Crippen LogP contribution in [0.25, 0.3) is 17.1 Å². The third kappa shape index (κ3) is 4.49. The second kappa shape index (κ2) is 8.70.